The van der Waals surface area contributed by atoms with E-state index in [0.717, 1.165) is 33.6 Å². The molecule has 5 N–H and O–H groups in total. The molecule has 1 fully saturated rings. The summed E-state index contributed by atoms with van der Waals surface area (Å²) in [5, 5.41) is 41.0. The van der Waals surface area contributed by atoms with E-state index >= 15 is 0 Å². The van der Waals surface area contributed by atoms with Crippen LogP contribution >= 0.6 is 0 Å². The lowest BCUT2D eigenvalue weighted by molar-refractivity contribution is -0.233. The van der Waals surface area contributed by atoms with Gasteiger partial charge in [0.1, 0.15) is 24.1 Å². The molecule has 0 aromatic heterocycles. The molecule has 1 saturated heterocycles. The van der Waals surface area contributed by atoms with E-state index in [4.69, 9.17) is 14.6 Å². The van der Waals surface area contributed by atoms with Crippen LogP contribution in [0.25, 0.3) is 6.08 Å². The Labute approximate surface area is 211 Å². The van der Waals surface area contributed by atoms with Crippen molar-refractivity contribution in [2.24, 2.45) is 0 Å². The topological polar surface area (TPSA) is 146 Å². The molecular weight excluding hydrogens is 466 g/mol. The van der Waals surface area contributed by atoms with E-state index in [0.29, 0.717) is 5.57 Å². The molecule has 0 saturated carbocycles. The Morgan fingerprint density at radius 2 is 1.67 bits per heavy atom. The van der Waals surface area contributed by atoms with Crippen LogP contribution in [-0.4, -0.2) is 70.1 Å². The van der Waals surface area contributed by atoms with Crippen LogP contribution in [0.5, 0.6) is 5.75 Å². The quantitative estimate of drug-likeness (QED) is 0.269. The Morgan fingerprint density at radius 3 is 2.28 bits per heavy atom. The molecule has 1 heterocycles. The molecule has 1 aromatic rings. The monoisotopic (exact) mass is 501 g/mol. The van der Waals surface area contributed by atoms with Gasteiger partial charge in [0.25, 0.3) is 0 Å². The molecule has 9 heteroatoms. The minimum atomic E-state index is -1.82. The Bertz CT molecular complexity index is 1100. The maximum atomic E-state index is 12.3. The third kappa shape index (κ3) is 7.14. The fourth-order valence-corrected chi connectivity index (χ4v) is 3.80. The second kappa shape index (κ2) is 12.6. The Kier molecular flexibility index (Phi) is 10.2. The molecule has 1 aliphatic rings. The normalized spacial score (nSPS) is 25.4. The highest BCUT2D eigenvalue weighted by Crippen LogP contribution is 2.28. The van der Waals surface area contributed by atoms with Crippen LogP contribution in [0.2, 0.25) is 0 Å². The number of benzene rings is 1. The minimum Gasteiger partial charge on any atom is -0.496 e. The zero-order chi connectivity index (χ0) is 27.2. The van der Waals surface area contributed by atoms with E-state index < -0.39 is 42.5 Å². The fraction of sp³-hybridized carbons (Fsp3) is 0.407. The molecule has 0 radical (unpaired) electrons. The maximum Gasteiger partial charge on any atom is 0.335 e. The number of rotatable bonds is 8. The van der Waals surface area contributed by atoms with Crippen LogP contribution in [0.4, 0.5) is 0 Å². The molecule has 0 aliphatic carbocycles. The van der Waals surface area contributed by atoms with Gasteiger partial charge >= 0.3 is 5.97 Å². The number of aliphatic hydroxyl groups is 3. The largest absolute Gasteiger partial charge is 0.496 e. The van der Waals surface area contributed by atoms with Crippen LogP contribution in [0, 0.1) is 20.8 Å². The van der Waals surface area contributed by atoms with Gasteiger partial charge in [0.2, 0.25) is 5.91 Å². The first-order chi connectivity index (χ1) is 16.9. The zero-order valence-electron chi connectivity index (χ0n) is 21.4. The van der Waals surface area contributed by atoms with Gasteiger partial charge in [-0.05, 0) is 68.5 Å². The zero-order valence-corrected chi connectivity index (χ0v) is 21.4. The van der Waals surface area contributed by atoms with Gasteiger partial charge in [-0.1, -0.05) is 36.0 Å². The van der Waals surface area contributed by atoms with Crippen LogP contribution in [0.15, 0.2) is 47.6 Å². The Hall–Kier alpha value is -3.24. The van der Waals surface area contributed by atoms with E-state index in [1.54, 1.807) is 26.2 Å². The molecule has 0 spiro atoms. The minimum absolute atomic E-state index is 0.582. The number of amides is 1. The number of aliphatic carboxylic acids is 1. The molecule has 2 rings (SSSR count). The van der Waals surface area contributed by atoms with E-state index in [1.807, 2.05) is 39.0 Å². The van der Waals surface area contributed by atoms with E-state index in [1.165, 1.54) is 6.08 Å². The number of nitrogens with one attached hydrogen (secondary N) is 1. The molecular formula is C27H35NO8. The lowest BCUT2D eigenvalue weighted by Crippen LogP contribution is -2.64. The van der Waals surface area contributed by atoms with Crippen molar-refractivity contribution in [3.8, 4) is 5.75 Å². The molecule has 196 valence electrons. The summed E-state index contributed by atoms with van der Waals surface area (Å²) in [5.41, 5.74) is 6.06. The van der Waals surface area contributed by atoms with Crippen molar-refractivity contribution in [3.63, 3.8) is 0 Å². The van der Waals surface area contributed by atoms with Crippen molar-refractivity contribution in [2.75, 3.05) is 7.11 Å². The number of carboxylic acid groups (broad SMARTS) is 1. The predicted octanol–water partition coefficient (Wildman–Crippen LogP) is 2.09. The number of ether oxygens (including phenoxy) is 2. The van der Waals surface area contributed by atoms with E-state index in [2.05, 4.69) is 18.3 Å². The van der Waals surface area contributed by atoms with Gasteiger partial charge in [0, 0.05) is 6.08 Å². The molecule has 1 amide bonds. The average molecular weight is 502 g/mol. The first-order valence-electron chi connectivity index (χ1n) is 11.5. The summed E-state index contributed by atoms with van der Waals surface area (Å²) >= 11 is 0. The number of aliphatic hydroxyl groups excluding tert-OH is 3. The lowest BCUT2D eigenvalue weighted by atomic mass is 9.96. The summed E-state index contributed by atoms with van der Waals surface area (Å²) in [4.78, 5) is 23.5. The average Bonchev–Trinajstić information content (AvgIpc) is 2.81. The summed E-state index contributed by atoms with van der Waals surface area (Å²) in [5.74, 6) is -1.31. The summed E-state index contributed by atoms with van der Waals surface area (Å²) < 4.78 is 10.5. The number of carbonyl (C=O) groups excluding carboxylic acids is 1. The predicted molar refractivity (Wildman–Crippen MR) is 135 cm³/mol. The third-order valence-corrected chi connectivity index (χ3v) is 6.06. The van der Waals surface area contributed by atoms with Crippen LogP contribution in [0.3, 0.4) is 0 Å². The molecule has 1 aliphatic heterocycles. The summed E-state index contributed by atoms with van der Waals surface area (Å²) in [6.07, 6.45) is 2.09. The number of carboxylic acids is 1. The highest BCUT2D eigenvalue weighted by molar-refractivity contribution is 5.88. The van der Waals surface area contributed by atoms with Crippen molar-refractivity contribution >= 4 is 18.0 Å². The van der Waals surface area contributed by atoms with Crippen molar-refractivity contribution in [1.82, 2.24) is 5.32 Å². The highest BCUT2D eigenvalue weighted by atomic mass is 16.6. The van der Waals surface area contributed by atoms with E-state index in [9.17, 15) is 24.9 Å². The van der Waals surface area contributed by atoms with Crippen molar-refractivity contribution in [1.29, 1.82) is 0 Å². The van der Waals surface area contributed by atoms with Gasteiger partial charge in [-0.25, -0.2) is 4.79 Å². The summed E-state index contributed by atoms with van der Waals surface area (Å²) in [6.45, 7) is 9.77. The second-order valence-electron chi connectivity index (χ2n) is 8.85. The van der Waals surface area contributed by atoms with Gasteiger partial charge < -0.3 is 35.2 Å². The standard InChI is InChI=1S/C27H35NO8/c1-14(10-11-19-16(3)13-20(35-6)18(5)17(19)4)8-7-9-15(2)12-21(29)28-26-24(32)22(30)23(31)25(36-26)27(33)34/h7-13,22-26,30-32H,1-6H3,(H,28,29)(H,33,34)/b9-7+,11-10+,14-8+,15-12+. The molecule has 5 unspecified atom stereocenters. The highest BCUT2D eigenvalue weighted by Gasteiger charge is 2.47. The summed E-state index contributed by atoms with van der Waals surface area (Å²) in [6, 6.07) is 2.02. The van der Waals surface area contributed by atoms with Crippen molar-refractivity contribution in [2.45, 2.75) is 65.3 Å². The number of hydrogen-bond acceptors (Lipinski definition) is 7. The molecule has 5 atom stereocenters. The van der Waals surface area contributed by atoms with Crippen LogP contribution < -0.4 is 10.1 Å². The molecule has 36 heavy (non-hydrogen) atoms. The van der Waals surface area contributed by atoms with Crippen LogP contribution in [-0.2, 0) is 14.3 Å². The molecule has 1 aromatic carbocycles. The van der Waals surface area contributed by atoms with Gasteiger partial charge in [-0.2, -0.15) is 0 Å². The third-order valence-electron chi connectivity index (χ3n) is 6.06. The first kappa shape index (κ1) is 29.0. The second-order valence-corrected chi connectivity index (χ2v) is 8.85. The van der Waals surface area contributed by atoms with Gasteiger partial charge in [-0.3, -0.25) is 4.79 Å². The number of hydrogen-bond donors (Lipinski definition) is 5. The number of aryl methyl sites for hydroxylation is 1. The SMILES string of the molecule is COc1cc(C)c(/C=C/C(C)=C/C=C/C(C)=C/C(=O)NC2OC(C(=O)O)C(O)C(O)C2O)c(C)c1C. The first-order valence-corrected chi connectivity index (χ1v) is 11.5. The van der Waals surface area contributed by atoms with Gasteiger partial charge in [-0.15, -0.1) is 0 Å². The maximum absolute atomic E-state index is 12.3. The number of carbonyl (C=O) groups is 2. The number of methoxy groups -OCH3 is 1. The van der Waals surface area contributed by atoms with Crippen molar-refractivity contribution in [3.05, 3.63) is 69.8 Å². The lowest BCUT2D eigenvalue weighted by Gasteiger charge is -2.38. The molecule has 0 bridgehead atoms. The summed E-state index contributed by atoms with van der Waals surface area (Å²) in [7, 11) is 1.66. The molecule has 9 nitrogen and oxygen atoms in total. The van der Waals surface area contributed by atoms with E-state index in [-0.39, 0.29) is 0 Å². The fourth-order valence-electron chi connectivity index (χ4n) is 3.80. The number of allylic oxidation sites excluding steroid dienone is 6. The van der Waals surface area contributed by atoms with Crippen molar-refractivity contribution < 1.29 is 39.5 Å². The van der Waals surface area contributed by atoms with Gasteiger partial charge in [0.15, 0.2) is 12.3 Å². The van der Waals surface area contributed by atoms with Crippen LogP contribution in [0.1, 0.15) is 36.1 Å². The Morgan fingerprint density at radius 1 is 1.00 bits per heavy atom. The Balaban J connectivity index is 2.03. The van der Waals surface area contributed by atoms with Gasteiger partial charge in [0.05, 0.1) is 7.11 Å². The smallest absolute Gasteiger partial charge is 0.335 e.